The maximum Gasteiger partial charge on any atom is 0.329 e. The van der Waals surface area contributed by atoms with E-state index in [-0.39, 0.29) is 24.7 Å². The summed E-state index contributed by atoms with van der Waals surface area (Å²) in [4.78, 5) is 26.1. The Kier molecular flexibility index (Phi) is 7.05. The number of urea groups is 1. The molecule has 0 aromatic heterocycles. The number of rotatable bonds is 7. The third-order valence-electron chi connectivity index (χ3n) is 5.09. The number of halogens is 3. The lowest BCUT2D eigenvalue weighted by Gasteiger charge is -2.12. The Labute approximate surface area is 205 Å². The number of carbonyl (C=O) groups is 2. The molecular formula is C25H19Cl2FN2O4. The van der Waals surface area contributed by atoms with E-state index < -0.39 is 11.9 Å². The smallest absolute Gasteiger partial charge is 0.329 e. The van der Waals surface area contributed by atoms with Crippen molar-refractivity contribution in [1.29, 1.82) is 0 Å². The van der Waals surface area contributed by atoms with Crippen molar-refractivity contribution in [3.63, 3.8) is 0 Å². The molecule has 0 bridgehead atoms. The number of methoxy groups -OCH3 is 1. The van der Waals surface area contributed by atoms with Crippen LogP contribution in [0, 0.1) is 5.82 Å². The van der Waals surface area contributed by atoms with Crippen molar-refractivity contribution in [2.45, 2.75) is 13.2 Å². The number of ether oxygens (including phenoxy) is 2. The van der Waals surface area contributed by atoms with Gasteiger partial charge in [-0.3, -0.25) is 9.69 Å². The molecular weight excluding hydrogens is 482 g/mol. The number of amides is 3. The van der Waals surface area contributed by atoms with Crippen LogP contribution in [0.1, 0.15) is 16.7 Å². The van der Waals surface area contributed by atoms with E-state index in [1.807, 2.05) is 6.07 Å². The molecule has 174 valence electrons. The minimum Gasteiger partial charge on any atom is -0.493 e. The predicted octanol–water partition coefficient (Wildman–Crippen LogP) is 5.81. The molecule has 0 radical (unpaired) electrons. The Hall–Kier alpha value is -3.55. The van der Waals surface area contributed by atoms with Crippen LogP contribution < -0.4 is 14.8 Å². The van der Waals surface area contributed by atoms with Crippen LogP contribution in [0.4, 0.5) is 9.18 Å². The molecule has 3 aromatic carbocycles. The Morgan fingerprint density at radius 2 is 1.68 bits per heavy atom. The molecule has 1 N–H and O–H groups in total. The Balaban J connectivity index is 1.47. The summed E-state index contributed by atoms with van der Waals surface area (Å²) in [5, 5.41) is 3.47. The van der Waals surface area contributed by atoms with Crippen molar-refractivity contribution < 1.29 is 23.5 Å². The summed E-state index contributed by atoms with van der Waals surface area (Å²) < 4.78 is 24.4. The molecule has 0 unspecified atom stereocenters. The highest BCUT2D eigenvalue weighted by molar-refractivity contribution is 6.42. The molecule has 1 saturated heterocycles. The minimum absolute atomic E-state index is 0.0348. The van der Waals surface area contributed by atoms with Crippen molar-refractivity contribution in [1.82, 2.24) is 10.2 Å². The highest BCUT2D eigenvalue weighted by atomic mass is 35.5. The largest absolute Gasteiger partial charge is 0.493 e. The van der Waals surface area contributed by atoms with Gasteiger partial charge in [0.1, 0.15) is 18.1 Å². The molecule has 3 amide bonds. The van der Waals surface area contributed by atoms with Gasteiger partial charge in [-0.1, -0.05) is 47.5 Å². The number of imide groups is 1. The number of benzene rings is 3. The second-order valence-electron chi connectivity index (χ2n) is 7.45. The molecule has 34 heavy (non-hydrogen) atoms. The number of carbonyl (C=O) groups excluding carboxylic acids is 2. The molecule has 9 heteroatoms. The summed E-state index contributed by atoms with van der Waals surface area (Å²) in [5.41, 5.74) is 2.23. The molecule has 1 fully saturated rings. The third-order valence-corrected chi connectivity index (χ3v) is 5.83. The highest BCUT2D eigenvalue weighted by Crippen LogP contribution is 2.31. The van der Waals surface area contributed by atoms with Gasteiger partial charge in [0.05, 0.1) is 23.7 Å². The highest BCUT2D eigenvalue weighted by Gasteiger charge is 2.33. The Morgan fingerprint density at radius 3 is 2.38 bits per heavy atom. The summed E-state index contributed by atoms with van der Waals surface area (Å²) in [6.45, 7) is 0.285. The molecule has 0 saturated carbocycles. The van der Waals surface area contributed by atoms with E-state index in [1.165, 1.54) is 31.4 Å². The van der Waals surface area contributed by atoms with E-state index >= 15 is 0 Å². The van der Waals surface area contributed by atoms with Gasteiger partial charge >= 0.3 is 6.03 Å². The van der Waals surface area contributed by atoms with Crippen molar-refractivity contribution in [2.24, 2.45) is 0 Å². The van der Waals surface area contributed by atoms with E-state index in [2.05, 4.69) is 5.32 Å². The fourth-order valence-corrected chi connectivity index (χ4v) is 3.66. The van der Waals surface area contributed by atoms with Crippen molar-refractivity contribution >= 4 is 41.2 Å². The lowest BCUT2D eigenvalue weighted by atomic mass is 10.1. The van der Waals surface area contributed by atoms with Crippen LogP contribution in [0.25, 0.3) is 6.08 Å². The lowest BCUT2D eigenvalue weighted by Crippen LogP contribution is -2.30. The van der Waals surface area contributed by atoms with E-state index in [0.717, 1.165) is 10.5 Å². The zero-order valence-electron chi connectivity index (χ0n) is 18.0. The standard InChI is InChI=1S/C25H19Cl2FN2O4/c1-33-23-12-16(5-9-22(23)34-14-17-4-8-19(26)20(27)10-17)11-21-24(31)30(25(32)29-21)13-15-2-6-18(28)7-3-15/h2-12H,13-14H2,1H3,(H,29,32)/b21-11+. The minimum atomic E-state index is -0.547. The van der Waals surface area contributed by atoms with Crippen LogP contribution in [-0.2, 0) is 17.9 Å². The molecule has 0 aliphatic carbocycles. The molecule has 0 spiro atoms. The summed E-state index contributed by atoms with van der Waals surface area (Å²) in [6, 6.07) is 15.4. The predicted molar refractivity (Wildman–Crippen MR) is 127 cm³/mol. The zero-order valence-corrected chi connectivity index (χ0v) is 19.5. The number of nitrogens with zero attached hydrogens (tertiary/aromatic N) is 1. The van der Waals surface area contributed by atoms with Crippen LogP contribution >= 0.6 is 23.2 Å². The fraction of sp³-hybridized carbons (Fsp3) is 0.120. The van der Waals surface area contributed by atoms with E-state index in [9.17, 15) is 14.0 Å². The van der Waals surface area contributed by atoms with E-state index in [4.69, 9.17) is 32.7 Å². The molecule has 6 nitrogen and oxygen atoms in total. The van der Waals surface area contributed by atoms with Crippen LogP contribution in [0.15, 0.2) is 66.4 Å². The van der Waals surface area contributed by atoms with Crippen LogP contribution in [0.2, 0.25) is 10.0 Å². The summed E-state index contributed by atoms with van der Waals surface area (Å²) in [7, 11) is 1.51. The maximum atomic E-state index is 13.1. The van der Waals surface area contributed by atoms with Gasteiger partial charge in [0.25, 0.3) is 5.91 Å². The molecule has 4 rings (SSSR count). The first kappa shape index (κ1) is 23.6. The average molecular weight is 501 g/mol. The van der Waals surface area contributed by atoms with Gasteiger partial charge in [0, 0.05) is 0 Å². The number of hydrogen-bond donors (Lipinski definition) is 1. The van der Waals surface area contributed by atoms with Gasteiger partial charge in [0.15, 0.2) is 11.5 Å². The third kappa shape index (κ3) is 5.32. The second kappa shape index (κ2) is 10.2. The first-order valence-corrected chi connectivity index (χ1v) is 10.9. The van der Waals surface area contributed by atoms with Gasteiger partial charge in [-0.15, -0.1) is 0 Å². The monoisotopic (exact) mass is 500 g/mol. The molecule has 1 aliphatic heterocycles. The molecule has 0 atom stereocenters. The average Bonchev–Trinajstić information content (AvgIpc) is 3.08. The van der Waals surface area contributed by atoms with Gasteiger partial charge in [-0.2, -0.15) is 0 Å². The fourth-order valence-electron chi connectivity index (χ4n) is 3.34. The van der Waals surface area contributed by atoms with Crippen LogP contribution in [0.5, 0.6) is 11.5 Å². The van der Waals surface area contributed by atoms with Crippen molar-refractivity contribution in [3.8, 4) is 11.5 Å². The Morgan fingerprint density at radius 1 is 0.941 bits per heavy atom. The SMILES string of the molecule is COc1cc(/C=C2/NC(=O)N(Cc3ccc(F)cc3)C2=O)ccc1OCc1ccc(Cl)c(Cl)c1. The first-order valence-electron chi connectivity index (χ1n) is 10.2. The second-order valence-corrected chi connectivity index (χ2v) is 8.27. The maximum absolute atomic E-state index is 13.1. The summed E-state index contributed by atoms with van der Waals surface area (Å²) in [6.07, 6.45) is 1.55. The van der Waals surface area contributed by atoms with Crippen LogP contribution in [-0.4, -0.2) is 23.9 Å². The Bertz CT molecular complexity index is 1280. The lowest BCUT2D eigenvalue weighted by molar-refractivity contribution is -0.123. The summed E-state index contributed by atoms with van der Waals surface area (Å²) in [5.74, 6) is 0.0814. The van der Waals surface area contributed by atoms with Gasteiger partial charge < -0.3 is 14.8 Å². The number of nitrogens with one attached hydrogen (secondary N) is 1. The topological polar surface area (TPSA) is 67.9 Å². The van der Waals surface area contributed by atoms with Crippen LogP contribution in [0.3, 0.4) is 0 Å². The molecule has 1 heterocycles. The van der Waals surface area contributed by atoms with Gasteiger partial charge in [0.2, 0.25) is 0 Å². The zero-order chi connectivity index (χ0) is 24.2. The summed E-state index contributed by atoms with van der Waals surface area (Å²) >= 11 is 12.0. The quantitative estimate of drug-likeness (QED) is 0.328. The van der Waals surface area contributed by atoms with Crippen molar-refractivity contribution in [2.75, 3.05) is 7.11 Å². The first-order chi connectivity index (χ1) is 16.3. The van der Waals surface area contributed by atoms with Crippen molar-refractivity contribution in [3.05, 3.63) is 98.9 Å². The van der Waals surface area contributed by atoms with E-state index in [1.54, 1.807) is 36.4 Å². The number of hydrogen-bond acceptors (Lipinski definition) is 4. The normalized spacial score (nSPS) is 14.5. The van der Waals surface area contributed by atoms with Gasteiger partial charge in [-0.25, -0.2) is 9.18 Å². The van der Waals surface area contributed by atoms with Gasteiger partial charge in [-0.05, 0) is 59.2 Å². The molecule has 3 aromatic rings. The van der Waals surface area contributed by atoms with E-state index in [0.29, 0.717) is 32.7 Å². The molecule has 1 aliphatic rings.